The van der Waals surface area contributed by atoms with Gasteiger partial charge in [-0.15, -0.1) is 0 Å². The van der Waals surface area contributed by atoms with E-state index in [2.05, 4.69) is 0 Å². The van der Waals surface area contributed by atoms with Crippen LogP contribution in [-0.4, -0.2) is 51.7 Å². The van der Waals surface area contributed by atoms with Gasteiger partial charge in [0, 0.05) is 37.7 Å². The van der Waals surface area contributed by atoms with Crippen molar-refractivity contribution in [3.05, 3.63) is 45.9 Å². The van der Waals surface area contributed by atoms with Crippen LogP contribution in [0.25, 0.3) is 0 Å². The third-order valence-corrected chi connectivity index (χ3v) is 6.27. The van der Waals surface area contributed by atoms with Gasteiger partial charge in [-0.2, -0.15) is 5.26 Å². The third kappa shape index (κ3) is 2.34. The number of rotatable bonds is 1. The number of allylic oxidation sites excluding steroid dienone is 2. The molecule has 0 amide bonds. The highest BCUT2D eigenvalue weighted by molar-refractivity contribution is 6.16. The maximum atomic E-state index is 13.3. The van der Waals surface area contributed by atoms with E-state index in [1.54, 1.807) is 12.1 Å². The number of nitrogens with zero attached hydrogens (tertiary/aromatic N) is 2. The van der Waals surface area contributed by atoms with E-state index >= 15 is 0 Å². The number of ketones is 2. The van der Waals surface area contributed by atoms with E-state index in [-0.39, 0.29) is 29.7 Å². The van der Waals surface area contributed by atoms with Gasteiger partial charge in [0.1, 0.15) is 28.9 Å². The van der Waals surface area contributed by atoms with Crippen LogP contribution in [0.1, 0.15) is 28.8 Å². The van der Waals surface area contributed by atoms with Crippen molar-refractivity contribution in [3.63, 3.8) is 0 Å². The molecule has 4 N–H and O–H groups in total. The number of hydrogen-bond donors (Lipinski definition) is 4. The Morgan fingerprint density at radius 3 is 2.48 bits per heavy atom. The van der Waals surface area contributed by atoms with Gasteiger partial charge < -0.3 is 25.3 Å². The molecule has 150 valence electrons. The summed E-state index contributed by atoms with van der Waals surface area (Å²) in [5, 5.41) is 51.5. The summed E-state index contributed by atoms with van der Waals surface area (Å²) in [6.07, 6.45) is 0.331. The van der Waals surface area contributed by atoms with Crippen LogP contribution in [0.15, 0.2) is 34.8 Å². The Hall–Kier alpha value is -3.31. The smallest absolute Gasteiger partial charge is 0.216 e. The topological polar surface area (TPSA) is 142 Å². The fourth-order valence-corrected chi connectivity index (χ4v) is 4.88. The van der Waals surface area contributed by atoms with Crippen LogP contribution in [0.4, 0.5) is 5.69 Å². The van der Waals surface area contributed by atoms with Crippen molar-refractivity contribution in [2.45, 2.75) is 24.9 Å². The first-order valence-corrected chi connectivity index (χ1v) is 9.22. The molecule has 0 spiro atoms. The highest BCUT2D eigenvalue weighted by Gasteiger charge is 2.59. The van der Waals surface area contributed by atoms with Gasteiger partial charge >= 0.3 is 0 Å². The number of fused-ring (bicyclic) bond motifs is 3. The molecule has 1 aromatic carbocycles. The summed E-state index contributed by atoms with van der Waals surface area (Å²) in [5.74, 6) is -4.56. The average molecular weight is 396 g/mol. The van der Waals surface area contributed by atoms with Gasteiger partial charge in [-0.05, 0) is 36.5 Å². The molecule has 0 aromatic heterocycles. The summed E-state index contributed by atoms with van der Waals surface area (Å²) in [6, 6.07) is 4.66. The molecule has 0 saturated carbocycles. The third-order valence-electron chi connectivity index (χ3n) is 6.27. The molecule has 3 aliphatic carbocycles. The summed E-state index contributed by atoms with van der Waals surface area (Å²) in [7, 11) is 3.62. The second-order valence-electron chi connectivity index (χ2n) is 8.01. The molecule has 0 aliphatic heterocycles. The van der Waals surface area contributed by atoms with Gasteiger partial charge in [-0.3, -0.25) is 9.59 Å². The highest BCUT2D eigenvalue weighted by Crippen LogP contribution is 2.52. The first-order valence-electron chi connectivity index (χ1n) is 9.22. The Morgan fingerprint density at radius 2 is 1.86 bits per heavy atom. The number of carbonyl (C=O) groups excluding carboxylic acids is 2. The lowest BCUT2D eigenvalue weighted by molar-refractivity contribution is -0.142. The SMILES string of the molecule is CN(C)c1ccc(O)c2c1C[C@H]1C[C@H]3CC(O)=C(C#N)C(=O)[C@@]3(O)C(O)=C1C2=O. The number of hydrogen-bond acceptors (Lipinski definition) is 8. The lowest BCUT2D eigenvalue weighted by Crippen LogP contribution is -2.55. The van der Waals surface area contributed by atoms with Crippen LogP contribution in [0.5, 0.6) is 5.75 Å². The molecule has 3 atom stereocenters. The first-order chi connectivity index (χ1) is 13.6. The molecular weight excluding hydrogens is 376 g/mol. The number of carbonyl (C=O) groups is 2. The predicted octanol–water partition coefficient (Wildman–Crippen LogP) is 1.68. The molecular formula is C21H20N2O6. The quantitative estimate of drug-likeness (QED) is 0.562. The number of aliphatic hydroxyl groups is 3. The average Bonchev–Trinajstić information content (AvgIpc) is 2.65. The second-order valence-corrected chi connectivity index (χ2v) is 8.01. The van der Waals surface area contributed by atoms with Crippen molar-refractivity contribution in [2.24, 2.45) is 11.8 Å². The van der Waals surface area contributed by atoms with Crippen molar-refractivity contribution in [1.82, 2.24) is 0 Å². The second kappa shape index (κ2) is 6.09. The lowest BCUT2D eigenvalue weighted by Gasteiger charge is -2.45. The maximum absolute atomic E-state index is 13.3. The van der Waals surface area contributed by atoms with E-state index in [9.17, 15) is 30.0 Å². The van der Waals surface area contributed by atoms with E-state index in [1.165, 1.54) is 6.07 Å². The molecule has 3 aliphatic rings. The molecule has 0 heterocycles. The molecule has 0 unspecified atom stereocenters. The van der Waals surface area contributed by atoms with Crippen molar-refractivity contribution < 1.29 is 30.0 Å². The summed E-state index contributed by atoms with van der Waals surface area (Å²) >= 11 is 0. The number of phenols is 1. The van der Waals surface area contributed by atoms with Gasteiger partial charge in [-0.25, -0.2) is 0 Å². The molecule has 0 saturated heterocycles. The van der Waals surface area contributed by atoms with Crippen LogP contribution < -0.4 is 4.90 Å². The number of aromatic hydroxyl groups is 1. The van der Waals surface area contributed by atoms with E-state index in [0.717, 1.165) is 5.69 Å². The summed E-state index contributed by atoms with van der Waals surface area (Å²) < 4.78 is 0. The zero-order valence-electron chi connectivity index (χ0n) is 15.9. The standard InChI is InChI=1S/C21H20N2O6/c1-23(2)13-3-4-14(24)17-11(13)6-9-5-10-7-15(25)12(8-22)19(27)21(10,29)20(28)16(9)18(17)26/h3-4,9-10,24-25,28-29H,5-7H2,1-2H3/t9-,10+,21-/m1/s1. The molecule has 1 aromatic rings. The van der Waals surface area contributed by atoms with Gasteiger partial charge in [-0.1, -0.05) is 0 Å². The molecule has 0 bridgehead atoms. The van der Waals surface area contributed by atoms with Gasteiger partial charge in [0.25, 0.3) is 0 Å². The molecule has 4 rings (SSSR count). The van der Waals surface area contributed by atoms with Crippen LogP contribution >= 0.6 is 0 Å². The van der Waals surface area contributed by atoms with Gasteiger partial charge in [0.2, 0.25) is 5.78 Å². The van der Waals surface area contributed by atoms with Crippen molar-refractivity contribution in [3.8, 4) is 11.8 Å². The van der Waals surface area contributed by atoms with Crippen molar-refractivity contribution in [2.75, 3.05) is 19.0 Å². The molecule has 8 heteroatoms. The molecule has 0 radical (unpaired) electrons. The monoisotopic (exact) mass is 396 g/mol. The minimum absolute atomic E-state index is 0.0400. The summed E-state index contributed by atoms with van der Waals surface area (Å²) in [5.41, 5.74) is -1.75. The Morgan fingerprint density at radius 1 is 1.17 bits per heavy atom. The zero-order chi connectivity index (χ0) is 21.2. The first kappa shape index (κ1) is 19.0. The fourth-order valence-electron chi connectivity index (χ4n) is 4.88. The minimum Gasteiger partial charge on any atom is -0.511 e. The Labute approximate surface area is 166 Å². The van der Waals surface area contributed by atoms with Crippen LogP contribution in [0.2, 0.25) is 0 Å². The lowest BCUT2D eigenvalue weighted by atomic mass is 9.60. The normalized spacial score (nSPS) is 28.5. The number of Topliss-reactive ketones (excluding diaryl/α,β-unsaturated/α-hetero) is 2. The van der Waals surface area contributed by atoms with E-state index in [1.807, 2.05) is 19.0 Å². The number of phenolic OH excluding ortho intramolecular Hbond substituents is 1. The number of benzene rings is 1. The van der Waals surface area contributed by atoms with Gasteiger partial charge in [0.05, 0.1) is 5.56 Å². The van der Waals surface area contributed by atoms with Crippen molar-refractivity contribution >= 4 is 17.3 Å². The minimum atomic E-state index is -2.44. The summed E-state index contributed by atoms with van der Waals surface area (Å²) in [6.45, 7) is 0. The fraction of sp³-hybridized carbons (Fsp3) is 0.381. The Bertz CT molecular complexity index is 1080. The largest absolute Gasteiger partial charge is 0.511 e. The van der Waals surface area contributed by atoms with Crippen LogP contribution in [-0.2, 0) is 11.2 Å². The van der Waals surface area contributed by atoms with Crippen molar-refractivity contribution in [1.29, 1.82) is 5.26 Å². The number of anilines is 1. The summed E-state index contributed by atoms with van der Waals surface area (Å²) in [4.78, 5) is 27.8. The highest BCUT2D eigenvalue weighted by atomic mass is 16.3. The molecule has 29 heavy (non-hydrogen) atoms. The maximum Gasteiger partial charge on any atom is 0.216 e. The zero-order valence-corrected chi connectivity index (χ0v) is 15.9. The van der Waals surface area contributed by atoms with E-state index in [0.29, 0.717) is 12.0 Å². The predicted molar refractivity (Wildman–Crippen MR) is 102 cm³/mol. The molecule has 0 fully saturated rings. The van der Waals surface area contributed by atoms with E-state index in [4.69, 9.17) is 5.26 Å². The van der Waals surface area contributed by atoms with Crippen LogP contribution in [0, 0.1) is 23.2 Å². The number of aliphatic hydroxyl groups excluding tert-OH is 2. The number of nitriles is 1. The Kier molecular flexibility index (Phi) is 4.00. The van der Waals surface area contributed by atoms with Crippen LogP contribution in [0.3, 0.4) is 0 Å². The van der Waals surface area contributed by atoms with E-state index < -0.39 is 46.1 Å². The van der Waals surface area contributed by atoms with Gasteiger partial charge in [0.15, 0.2) is 11.4 Å². The molecule has 8 nitrogen and oxygen atoms in total. The Balaban J connectivity index is 1.93.